The lowest BCUT2D eigenvalue weighted by Gasteiger charge is -2.19. The minimum atomic E-state index is 0.200. The summed E-state index contributed by atoms with van der Waals surface area (Å²) in [4.78, 5) is 12.1. The van der Waals surface area contributed by atoms with Crippen LogP contribution in [0.25, 0.3) is 0 Å². The molecule has 4 heteroatoms. The quantitative estimate of drug-likeness (QED) is 0.850. The van der Waals surface area contributed by atoms with Gasteiger partial charge in [0.1, 0.15) is 0 Å². The number of carbonyl (C=O) groups excluding carboxylic acids is 1. The van der Waals surface area contributed by atoms with Gasteiger partial charge in [-0.1, -0.05) is 34.1 Å². The van der Waals surface area contributed by atoms with E-state index in [1.807, 2.05) is 47.8 Å². The van der Waals surface area contributed by atoms with Crippen LogP contribution in [0.4, 0.5) is 0 Å². The maximum Gasteiger partial charge on any atom is 0.151 e. The molecule has 1 aliphatic rings. The summed E-state index contributed by atoms with van der Waals surface area (Å²) in [5.74, 6) is 3.64. The molecule has 1 heterocycles. The third-order valence-electron chi connectivity index (χ3n) is 2.50. The molecule has 1 nitrogen and oxygen atoms in total. The number of carbonyl (C=O) groups is 1. The molecule has 2 rings (SSSR count). The first-order valence-corrected chi connectivity index (χ1v) is 8.22. The Morgan fingerprint density at radius 2 is 2.19 bits per heavy atom. The van der Waals surface area contributed by atoms with Gasteiger partial charge in [-0.3, -0.25) is 4.79 Å². The average Bonchev–Trinajstić information content (AvgIpc) is 2.33. The standard InChI is InChI=1S/C12H13BrOS2/c13-10-4-2-1-3-9(10)7-11(14)12-8-15-5-6-16-12/h1-4,12H,5-8H2. The molecule has 1 aliphatic heterocycles. The first-order valence-electron chi connectivity index (χ1n) is 5.23. The number of ketones is 1. The van der Waals surface area contributed by atoms with Crippen LogP contribution in [0.2, 0.25) is 0 Å². The second-order valence-electron chi connectivity index (χ2n) is 3.67. The number of rotatable bonds is 3. The number of benzene rings is 1. The maximum atomic E-state index is 12.1. The van der Waals surface area contributed by atoms with Gasteiger partial charge in [-0.05, 0) is 11.6 Å². The van der Waals surface area contributed by atoms with Crippen molar-refractivity contribution in [2.45, 2.75) is 11.7 Å². The van der Waals surface area contributed by atoms with Crippen LogP contribution < -0.4 is 0 Å². The van der Waals surface area contributed by atoms with Crippen molar-refractivity contribution >= 4 is 45.2 Å². The second-order valence-corrected chi connectivity index (χ2v) is 6.98. The topological polar surface area (TPSA) is 17.1 Å². The molecule has 0 radical (unpaired) electrons. The highest BCUT2D eigenvalue weighted by Gasteiger charge is 2.22. The highest BCUT2D eigenvalue weighted by atomic mass is 79.9. The van der Waals surface area contributed by atoms with Gasteiger partial charge in [0.15, 0.2) is 5.78 Å². The fourth-order valence-corrected chi connectivity index (χ4v) is 4.69. The lowest BCUT2D eigenvalue weighted by Crippen LogP contribution is -2.25. The van der Waals surface area contributed by atoms with Crippen molar-refractivity contribution in [3.63, 3.8) is 0 Å². The average molecular weight is 317 g/mol. The van der Waals surface area contributed by atoms with Crippen molar-refractivity contribution in [2.24, 2.45) is 0 Å². The fraction of sp³-hybridized carbons (Fsp3) is 0.417. The zero-order chi connectivity index (χ0) is 11.4. The second kappa shape index (κ2) is 6.12. The highest BCUT2D eigenvalue weighted by molar-refractivity contribution is 9.10. The summed E-state index contributed by atoms with van der Waals surface area (Å²) in [5, 5.41) is 0.200. The molecule has 0 N–H and O–H groups in total. The Kier molecular flexibility index (Phi) is 4.79. The van der Waals surface area contributed by atoms with Crippen molar-refractivity contribution in [3.8, 4) is 0 Å². The number of hydrogen-bond donors (Lipinski definition) is 0. The van der Waals surface area contributed by atoms with Crippen LogP contribution in [0.5, 0.6) is 0 Å². The van der Waals surface area contributed by atoms with Crippen molar-refractivity contribution in [3.05, 3.63) is 34.3 Å². The SMILES string of the molecule is O=C(Cc1ccccc1Br)C1CSCCS1. The minimum Gasteiger partial charge on any atom is -0.298 e. The summed E-state index contributed by atoms with van der Waals surface area (Å²) in [6, 6.07) is 7.97. The van der Waals surface area contributed by atoms with E-state index in [2.05, 4.69) is 15.9 Å². The molecule has 0 spiro atoms. The van der Waals surface area contributed by atoms with Gasteiger partial charge in [0, 0.05) is 28.2 Å². The van der Waals surface area contributed by atoms with E-state index in [9.17, 15) is 4.79 Å². The molecule has 0 aromatic heterocycles. The maximum absolute atomic E-state index is 12.1. The summed E-state index contributed by atoms with van der Waals surface area (Å²) in [5.41, 5.74) is 1.10. The Labute approximate surface area is 113 Å². The Morgan fingerprint density at radius 3 is 2.88 bits per heavy atom. The largest absolute Gasteiger partial charge is 0.298 e. The fourth-order valence-electron chi connectivity index (χ4n) is 1.62. The smallest absolute Gasteiger partial charge is 0.151 e. The zero-order valence-corrected chi connectivity index (χ0v) is 12.0. The minimum absolute atomic E-state index is 0.200. The number of Topliss-reactive ketones (excluding diaryl/α,β-unsaturated/α-hetero) is 1. The van der Waals surface area contributed by atoms with Gasteiger partial charge in [-0.2, -0.15) is 11.8 Å². The van der Waals surface area contributed by atoms with Gasteiger partial charge in [0.2, 0.25) is 0 Å². The Bertz CT molecular complexity index is 375. The molecule has 1 atom stereocenters. The van der Waals surface area contributed by atoms with Gasteiger partial charge >= 0.3 is 0 Å². The van der Waals surface area contributed by atoms with Gasteiger partial charge in [-0.15, -0.1) is 11.8 Å². The summed E-state index contributed by atoms with van der Waals surface area (Å²) in [6.45, 7) is 0. The van der Waals surface area contributed by atoms with Crippen molar-refractivity contribution in [1.29, 1.82) is 0 Å². The normalized spacial score (nSPS) is 20.7. The van der Waals surface area contributed by atoms with Crippen LogP contribution in [0.15, 0.2) is 28.7 Å². The van der Waals surface area contributed by atoms with Gasteiger partial charge in [0.25, 0.3) is 0 Å². The number of hydrogen-bond acceptors (Lipinski definition) is 3. The van der Waals surface area contributed by atoms with Crippen LogP contribution in [0, 0.1) is 0 Å². The van der Waals surface area contributed by atoms with Crippen molar-refractivity contribution in [1.82, 2.24) is 0 Å². The summed E-state index contributed by atoms with van der Waals surface area (Å²) in [6.07, 6.45) is 0.555. The van der Waals surface area contributed by atoms with Gasteiger partial charge in [0.05, 0.1) is 5.25 Å². The lowest BCUT2D eigenvalue weighted by molar-refractivity contribution is -0.117. The number of halogens is 1. The van der Waals surface area contributed by atoms with Crippen LogP contribution in [-0.2, 0) is 11.2 Å². The molecule has 1 aromatic carbocycles. The van der Waals surface area contributed by atoms with E-state index in [4.69, 9.17) is 0 Å². The Morgan fingerprint density at radius 1 is 1.38 bits per heavy atom. The van der Waals surface area contributed by atoms with Crippen LogP contribution in [-0.4, -0.2) is 28.3 Å². The van der Waals surface area contributed by atoms with E-state index in [1.165, 1.54) is 5.75 Å². The van der Waals surface area contributed by atoms with E-state index >= 15 is 0 Å². The predicted octanol–water partition coefficient (Wildman–Crippen LogP) is 3.41. The first-order chi connectivity index (χ1) is 7.77. The summed E-state index contributed by atoms with van der Waals surface area (Å²) >= 11 is 7.19. The van der Waals surface area contributed by atoms with Crippen LogP contribution in [0.1, 0.15) is 5.56 Å². The van der Waals surface area contributed by atoms with Crippen LogP contribution in [0.3, 0.4) is 0 Å². The van der Waals surface area contributed by atoms with Crippen molar-refractivity contribution < 1.29 is 4.79 Å². The molecule has 16 heavy (non-hydrogen) atoms. The number of thioether (sulfide) groups is 2. The Balaban J connectivity index is 1.99. The molecule has 0 saturated carbocycles. The summed E-state index contributed by atoms with van der Waals surface area (Å²) in [7, 11) is 0. The zero-order valence-electron chi connectivity index (χ0n) is 8.82. The molecule has 0 aliphatic carbocycles. The molecule has 86 valence electrons. The third kappa shape index (κ3) is 3.28. The molecular formula is C12H13BrOS2. The van der Waals surface area contributed by atoms with Crippen molar-refractivity contribution in [2.75, 3.05) is 17.3 Å². The van der Waals surface area contributed by atoms with Gasteiger partial charge < -0.3 is 0 Å². The molecule has 1 unspecified atom stereocenters. The van der Waals surface area contributed by atoms with E-state index in [0.717, 1.165) is 21.5 Å². The molecule has 1 aromatic rings. The highest BCUT2D eigenvalue weighted by Crippen LogP contribution is 2.26. The molecule has 1 fully saturated rings. The third-order valence-corrected chi connectivity index (χ3v) is 6.07. The first kappa shape index (κ1) is 12.5. The molecular weight excluding hydrogens is 304 g/mol. The molecule has 0 amide bonds. The van der Waals surface area contributed by atoms with Gasteiger partial charge in [-0.25, -0.2) is 0 Å². The molecule has 0 bridgehead atoms. The summed E-state index contributed by atoms with van der Waals surface area (Å²) < 4.78 is 1.04. The van der Waals surface area contributed by atoms with Crippen LogP contribution >= 0.6 is 39.5 Å². The predicted molar refractivity (Wildman–Crippen MR) is 76.4 cm³/mol. The van der Waals surface area contributed by atoms with E-state index in [-0.39, 0.29) is 5.25 Å². The monoisotopic (exact) mass is 316 g/mol. The van der Waals surface area contributed by atoms with E-state index in [0.29, 0.717) is 12.2 Å². The van der Waals surface area contributed by atoms with E-state index in [1.54, 1.807) is 0 Å². The molecule has 1 saturated heterocycles. The Hall–Kier alpha value is 0.0700. The van der Waals surface area contributed by atoms with E-state index < -0.39 is 0 Å². The lowest BCUT2D eigenvalue weighted by atomic mass is 10.1.